The van der Waals surface area contributed by atoms with Crippen molar-refractivity contribution in [2.75, 3.05) is 0 Å². The lowest BCUT2D eigenvalue weighted by Crippen LogP contribution is -2.21. The number of benzene rings is 2. The summed E-state index contributed by atoms with van der Waals surface area (Å²) >= 11 is 3.60. The summed E-state index contributed by atoms with van der Waals surface area (Å²) in [6.45, 7) is 4.15. The van der Waals surface area contributed by atoms with Crippen molar-refractivity contribution in [1.82, 2.24) is 0 Å². The van der Waals surface area contributed by atoms with Crippen LogP contribution in [0.25, 0.3) is 0 Å². The largest absolute Gasteiger partial charge is 0.457 e. The van der Waals surface area contributed by atoms with Crippen LogP contribution in [0.2, 0.25) is 0 Å². The lowest BCUT2D eigenvalue weighted by atomic mass is 10.0. The van der Waals surface area contributed by atoms with Crippen LogP contribution in [0, 0.1) is 6.92 Å². The minimum absolute atomic E-state index is 0.203. The molecule has 3 heteroatoms. The third kappa shape index (κ3) is 3.84. The highest BCUT2D eigenvalue weighted by molar-refractivity contribution is 9.10. The average Bonchev–Trinajstić information content (AvgIpc) is 2.44. The Hall–Kier alpha value is -1.32. The molecule has 0 aliphatic carbocycles. The van der Waals surface area contributed by atoms with Gasteiger partial charge in [0.05, 0.1) is 0 Å². The fourth-order valence-electron chi connectivity index (χ4n) is 1.98. The van der Waals surface area contributed by atoms with Crippen molar-refractivity contribution in [3.05, 3.63) is 58.1 Å². The molecule has 1 atom stereocenters. The Balaban J connectivity index is 2.15. The van der Waals surface area contributed by atoms with Gasteiger partial charge in [0.1, 0.15) is 11.5 Å². The van der Waals surface area contributed by atoms with Crippen molar-refractivity contribution in [3.63, 3.8) is 0 Å². The van der Waals surface area contributed by atoms with Crippen LogP contribution in [0.3, 0.4) is 0 Å². The molecule has 0 aliphatic rings. The molecule has 0 saturated heterocycles. The summed E-state index contributed by atoms with van der Waals surface area (Å²) in [6, 6.07) is 14.3. The highest BCUT2D eigenvalue weighted by Crippen LogP contribution is 2.29. The predicted octanol–water partition coefficient (Wildman–Crippen LogP) is 4.83. The summed E-state index contributed by atoms with van der Waals surface area (Å²) in [5, 5.41) is 0. The number of hydrogen-bond donors (Lipinski definition) is 1. The Bertz CT molecular complexity index is 583. The summed E-state index contributed by atoms with van der Waals surface area (Å²) in [5.74, 6) is 1.72. The summed E-state index contributed by atoms with van der Waals surface area (Å²) in [7, 11) is 0. The van der Waals surface area contributed by atoms with Crippen LogP contribution in [-0.4, -0.2) is 6.04 Å². The molecule has 20 heavy (non-hydrogen) atoms. The third-order valence-corrected chi connectivity index (χ3v) is 4.09. The molecule has 0 spiro atoms. The molecule has 0 amide bonds. The fourth-order valence-corrected chi connectivity index (χ4v) is 2.50. The smallest absolute Gasteiger partial charge is 0.130 e. The van der Waals surface area contributed by atoms with Crippen molar-refractivity contribution < 1.29 is 4.74 Å². The van der Waals surface area contributed by atoms with E-state index in [4.69, 9.17) is 10.5 Å². The van der Waals surface area contributed by atoms with Gasteiger partial charge in [-0.25, -0.2) is 0 Å². The molecular formula is C17H20BrNO. The molecule has 0 aliphatic heterocycles. The molecular weight excluding hydrogens is 314 g/mol. The van der Waals surface area contributed by atoms with Crippen molar-refractivity contribution in [3.8, 4) is 11.5 Å². The Labute approximate surface area is 129 Å². The van der Waals surface area contributed by atoms with Crippen LogP contribution in [0.15, 0.2) is 46.9 Å². The molecule has 0 radical (unpaired) electrons. The van der Waals surface area contributed by atoms with Gasteiger partial charge in [-0.2, -0.15) is 0 Å². The minimum atomic E-state index is 0.203. The van der Waals surface area contributed by atoms with Gasteiger partial charge in [-0.15, -0.1) is 0 Å². The zero-order chi connectivity index (χ0) is 14.5. The van der Waals surface area contributed by atoms with Gasteiger partial charge in [0.15, 0.2) is 0 Å². The first-order chi connectivity index (χ1) is 9.60. The van der Waals surface area contributed by atoms with E-state index in [0.717, 1.165) is 34.4 Å². The van der Waals surface area contributed by atoms with E-state index < -0.39 is 0 Å². The highest BCUT2D eigenvalue weighted by Gasteiger charge is 2.07. The normalized spacial score (nSPS) is 12.2. The van der Waals surface area contributed by atoms with Gasteiger partial charge >= 0.3 is 0 Å². The molecule has 0 saturated carbocycles. The third-order valence-electron chi connectivity index (χ3n) is 3.35. The van der Waals surface area contributed by atoms with Gasteiger partial charge in [0, 0.05) is 10.5 Å². The second kappa shape index (κ2) is 6.91. The summed E-state index contributed by atoms with van der Waals surface area (Å²) in [5.41, 5.74) is 8.35. The summed E-state index contributed by atoms with van der Waals surface area (Å²) < 4.78 is 6.96. The SMILES string of the molecule is CCC(N)Cc1ccc(Oc2ccccc2C)cc1Br. The predicted molar refractivity (Wildman–Crippen MR) is 87.4 cm³/mol. The zero-order valence-electron chi connectivity index (χ0n) is 11.9. The van der Waals surface area contributed by atoms with E-state index in [-0.39, 0.29) is 6.04 Å². The maximum atomic E-state index is 6.00. The monoisotopic (exact) mass is 333 g/mol. The lowest BCUT2D eigenvalue weighted by molar-refractivity contribution is 0.478. The van der Waals surface area contributed by atoms with E-state index in [1.54, 1.807) is 0 Å². The quantitative estimate of drug-likeness (QED) is 0.850. The van der Waals surface area contributed by atoms with Crippen molar-refractivity contribution >= 4 is 15.9 Å². The Kier molecular flexibility index (Phi) is 5.21. The van der Waals surface area contributed by atoms with Crippen LogP contribution < -0.4 is 10.5 Å². The standard InChI is InChI=1S/C17H20BrNO/c1-3-14(19)10-13-8-9-15(11-16(13)18)20-17-7-5-4-6-12(17)2/h4-9,11,14H,3,10,19H2,1-2H3. The van der Waals surface area contributed by atoms with E-state index in [1.165, 1.54) is 5.56 Å². The number of ether oxygens (including phenoxy) is 1. The molecule has 2 N–H and O–H groups in total. The minimum Gasteiger partial charge on any atom is -0.457 e. The first-order valence-corrected chi connectivity index (χ1v) is 7.67. The highest BCUT2D eigenvalue weighted by atomic mass is 79.9. The molecule has 1 unspecified atom stereocenters. The number of hydrogen-bond acceptors (Lipinski definition) is 2. The molecule has 2 aromatic rings. The molecule has 2 aromatic carbocycles. The van der Waals surface area contributed by atoms with Gasteiger partial charge in [-0.1, -0.05) is 47.1 Å². The van der Waals surface area contributed by atoms with E-state index in [0.29, 0.717) is 0 Å². The van der Waals surface area contributed by atoms with E-state index in [1.807, 2.05) is 43.3 Å². The van der Waals surface area contributed by atoms with Gasteiger partial charge in [-0.3, -0.25) is 0 Å². The van der Waals surface area contributed by atoms with Gasteiger partial charge in [0.25, 0.3) is 0 Å². The second-order valence-electron chi connectivity index (χ2n) is 4.99. The average molecular weight is 334 g/mol. The molecule has 0 aromatic heterocycles. The Morgan fingerprint density at radius 3 is 2.60 bits per heavy atom. The van der Waals surface area contributed by atoms with Crippen molar-refractivity contribution in [2.45, 2.75) is 32.7 Å². The Morgan fingerprint density at radius 1 is 1.20 bits per heavy atom. The van der Waals surface area contributed by atoms with Crippen molar-refractivity contribution in [1.29, 1.82) is 0 Å². The molecule has 2 rings (SSSR count). The lowest BCUT2D eigenvalue weighted by Gasteiger charge is -2.13. The molecule has 0 fully saturated rings. The first kappa shape index (κ1) is 15.1. The van der Waals surface area contributed by atoms with Crippen LogP contribution in [-0.2, 0) is 6.42 Å². The van der Waals surface area contributed by atoms with Crippen LogP contribution in [0.1, 0.15) is 24.5 Å². The van der Waals surface area contributed by atoms with Crippen LogP contribution >= 0.6 is 15.9 Å². The van der Waals surface area contributed by atoms with E-state index in [2.05, 4.69) is 28.9 Å². The number of aryl methyl sites for hydroxylation is 1. The maximum Gasteiger partial charge on any atom is 0.130 e. The zero-order valence-corrected chi connectivity index (χ0v) is 13.5. The molecule has 0 bridgehead atoms. The molecule has 106 valence electrons. The van der Waals surface area contributed by atoms with Crippen molar-refractivity contribution in [2.24, 2.45) is 5.73 Å². The molecule has 2 nitrogen and oxygen atoms in total. The fraction of sp³-hybridized carbons (Fsp3) is 0.294. The van der Waals surface area contributed by atoms with Gasteiger partial charge in [0.2, 0.25) is 0 Å². The number of nitrogens with two attached hydrogens (primary N) is 1. The summed E-state index contributed by atoms with van der Waals surface area (Å²) in [6.07, 6.45) is 1.86. The number of halogens is 1. The van der Waals surface area contributed by atoms with Crippen LogP contribution in [0.4, 0.5) is 0 Å². The Morgan fingerprint density at radius 2 is 1.95 bits per heavy atom. The van der Waals surface area contributed by atoms with Gasteiger partial charge < -0.3 is 10.5 Å². The topological polar surface area (TPSA) is 35.2 Å². The number of para-hydroxylation sites is 1. The van der Waals surface area contributed by atoms with E-state index >= 15 is 0 Å². The number of rotatable bonds is 5. The maximum absolute atomic E-state index is 6.00. The van der Waals surface area contributed by atoms with Crippen LogP contribution in [0.5, 0.6) is 11.5 Å². The van der Waals surface area contributed by atoms with E-state index in [9.17, 15) is 0 Å². The molecule has 0 heterocycles. The summed E-state index contributed by atoms with van der Waals surface area (Å²) in [4.78, 5) is 0. The second-order valence-corrected chi connectivity index (χ2v) is 5.85. The first-order valence-electron chi connectivity index (χ1n) is 6.87. The van der Waals surface area contributed by atoms with Gasteiger partial charge in [-0.05, 0) is 49.1 Å².